The van der Waals surface area contributed by atoms with Crippen molar-refractivity contribution in [3.63, 3.8) is 0 Å². The topological polar surface area (TPSA) is 54.5 Å². The highest BCUT2D eigenvalue weighted by Crippen LogP contribution is 2.35. The second-order valence-corrected chi connectivity index (χ2v) is 6.79. The Balaban J connectivity index is 1.98. The molecule has 9 heteroatoms. The first-order chi connectivity index (χ1) is 13.8. The second-order valence-electron chi connectivity index (χ2n) is 5.95. The molecule has 0 saturated carbocycles. The summed E-state index contributed by atoms with van der Waals surface area (Å²) in [5.41, 5.74) is 0.480. The third-order valence-electron chi connectivity index (χ3n) is 4.10. The Hall–Kier alpha value is -2.90. The molecule has 0 aliphatic heterocycles. The molecule has 5 nitrogen and oxygen atoms in total. The quantitative estimate of drug-likeness (QED) is 0.549. The van der Waals surface area contributed by atoms with Crippen LogP contribution in [-0.2, 0) is 0 Å². The van der Waals surface area contributed by atoms with Crippen molar-refractivity contribution in [1.82, 2.24) is 4.98 Å². The fourth-order valence-corrected chi connectivity index (χ4v) is 2.93. The summed E-state index contributed by atoms with van der Waals surface area (Å²) in [6, 6.07) is 8.07. The largest absolute Gasteiger partial charge is 0.455 e. The molecule has 150 valence electrons. The second kappa shape index (κ2) is 8.63. The van der Waals surface area contributed by atoms with Crippen molar-refractivity contribution in [3.05, 3.63) is 76.0 Å². The lowest BCUT2D eigenvalue weighted by Crippen LogP contribution is -2.27. The molecule has 29 heavy (non-hydrogen) atoms. The van der Waals surface area contributed by atoms with Crippen molar-refractivity contribution in [3.8, 4) is 11.5 Å². The van der Waals surface area contributed by atoms with Crippen molar-refractivity contribution in [2.24, 2.45) is 0 Å². The van der Waals surface area contributed by atoms with Crippen LogP contribution >= 0.6 is 23.2 Å². The van der Waals surface area contributed by atoms with Gasteiger partial charge in [0, 0.05) is 49.7 Å². The zero-order chi connectivity index (χ0) is 21.1. The van der Waals surface area contributed by atoms with Crippen LogP contribution in [-0.4, -0.2) is 25.0 Å². The van der Waals surface area contributed by atoms with Gasteiger partial charge in [0.05, 0.1) is 16.4 Å². The van der Waals surface area contributed by atoms with E-state index in [0.29, 0.717) is 10.0 Å². The highest BCUT2D eigenvalue weighted by Gasteiger charge is 2.22. The molecule has 1 amide bonds. The Labute approximate surface area is 175 Å². The normalized spacial score (nSPS) is 10.6. The monoisotopic (exact) mass is 437 g/mol. The van der Waals surface area contributed by atoms with E-state index in [4.69, 9.17) is 27.9 Å². The molecule has 0 saturated heterocycles. The van der Waals surface area contributed by atoms with Crippen LogP contribution in [0, 0.1) is 11.6 Å². The molecule has 2 aromatic carbocycles. The summed E-state index contributed by atoms with van der Waals surface area (Å²) in [4.78, 5) is 18.2. The standard InChI is InChI=1S/C20H15Cl2F2N3O2/c1-25-16-8-14(23)15(24)9-17(16)27(2)20(28)12-10-26-6-5-18(12)29-19-7-11(21)3-4-13(19)22/h3-10,25H,1-2H3. The van der Waals surface area contributed by atoms with E-state index >= 15 is 0 Å². The van der Waals surface area contributed by atoms with Crippen LogP contribution < -0.4 is 15.0 Å². The summed E-state index contributed by atoms with van der Waals surface area (Å²) in [6.45, 7) is 0. The number of carbonyl (C=O) groups is 1. The summed E-state index contributed by atoms with van der Waals surface area (Å²) in [5.74, 6) is -2.22. The van der Waals surface area contributed by atoms with Crippen LogP contribution in [0.15, 0.2) is 48.8 Å². The average Bonchev–Trinajstić information content (AvgIpc) is 2.71. The smallest absolute Gasteiger partial charge is 0.263 e. The number of amides is 1. The predicted octanol–water partition coefficient (Wildman–Crippen LogP) is 5.78. The van der Waals surface area contributed by atoms with E-state index in [-0.39, 0.29) is 28.4 Å². The van der Waals surface area contributed by atoms with Crippen molar-refractivity contribution in [2.45, 2.75) is 0 Å². The van der Waals surface area contributed by atoms with Crippen molar-refractivity contribution in [1.29, 1.82) is 0 Å². The van der Waals surface area contributed by atoms with Gasteiger partial charge >= 0.3 is 0 Å². The first kappa shape index (κ1) is 20.8. The fraction of sp³-hybridized carbons (Fsp3) is 0.100. The summed E-state index contributed by atoms with van der Waals surface area (Å²) in [5, 5.41) is 3.45. The molecule has 1 aromatic heterocycles. The highest BCUT2D eigenvalue weighted by molar-refractivity contribution is 6.34. The number of hydrogen-bond donors (Lipinski definition) is 1. The Kier molecular flexibility index (Phi) is 6.20. The minimum atomic E-state index is -1.08. The Morgan fingerprint density at radius 3 is 2.55 bits per heavy atom. The SMILES string of the molecule is CNc1cc(F)c(F)cc1N(C)C(=O)c1cnccc1Oc1cc(Cl)ccc1Cl. The molecule has 0 radical (unpaired) electrons. The van der Waals surface area contributed by atoms with Gasteiger partial charge in [-0.2, -0.15) is 0 Å². The van der Waals surface area contributed by atoms with Gasteiger partial charge < -0.3 is 15.0 Å². The van der Waals surface area contributed by atoms with Crippen LogP contribution in [0.2, 0.25) is 10.0 Å². The van der Waals surface area contributed by atoms with Crippen molar-refractivity contribution >= 4 is 40.5 Å². The molecule has 0 bridgehead atoms. The van der Waals surface area contributed by atoms with Gasteiger partial charge in [-0.05, 0) is 18.2 Å². The zero-order valence-corrected chi connectivity index (χ0v) is 16.9. The van der Waals surface area contributed by atoms with Crippen LogP contribution in [0.1, 0.15) is 10.4 Å². The lowest BCUT2D eigenvalue weighted by molar-refractivity contribution is 0.0990. The lowest BCUT2D eigenvalue weighted by atomic mass is 10.2. The third kappa shape index (κ3) is 4.41. The maximum absolute atomic E-state index is 13.8. The molecule has 3 rings (SSSR count). The fourth-order valence-electron chi connectivity index (χ4n) is 2.61. The van der Waals surface area contributed by atoms with E-state index in [1.165, 1.54) is 38.6 Å². The number of hydrogen-bond acceptors (Lipinski definition) is 4. The van der Waals surface area contributed by atoms with Crippen LogP contribution in [0.3, 0.4) is 0 Å². The Bertz CT molecular complexity index is 1080. The predicted molar refractivity (Wildman–Crippen MR) is 109 cm³/mol. The number of nitrogens with zero attached hydrogens (tertiary/aromatic N) is 2. The van der Waals surface area contributed by atoms with Crippen molar-refractivity contribution in [2.75, 3.05) is 24.3 Å². The summed E-state index contributed by atoms with van der Waals surface area (Å²) < 4.78 is 33.1. The van der Waals surface area contributed by atoms with Crippen LogP contribution in [0.4, 0.5) is 20.2 Å². The lowest BCUT2D eigenvalue weighted by Gasteiger charge is -2.22. The molecule has 0 atom stereocenters. The van der Waals surface area contributed by atoms with Gasteiger partial charge in [-0.1, -0.05) is 23.2 Å². The van der Waals surface area contributed by atoms with Gasteiger partial charge in [-0.3, -0.25) is 9.78 Å². The molecule has 0 aliphatic rings. The van der Waals surface area contributed by atoms with Gasteiger partial charge in [0.1, 0.15) is 17.1 Å². The van der Waals surface area contributed by atoms with E-state index < -0.39 is 17.5 Å². The summed E-state index contributed by atoms with van der Waals surface area (Å²) >= 11 is 12.1. The van der Waals surface area contributed by atoms with Crippen LogP contribution in [0.25, 0.3) is 0 Å². The molecule has 3 aromatic rings. The molecular weight excluding hydrogens is 423 g/mol. The maximum Gasteiger partial charge on any atom is 0.263 e. The highest BCUT2D eigenvalue weighted by atomic mass is 35.5. The van der Waals surface area contributed by atoms with Crippen molar-refractivity contribution < 1.29 is 18.3 Å². The Morgan fingerprint density at radius 2 is 1.83 bits per heavy atom. The molecule has 0 fully saturated rings. The maximum atomic E-state index is 13.8. The summed E-state index contributed by atoms with van der Waals surface area (Å²) in [6.07, 6.45) is 2.76. The number of nitrogens with one attached hydrogen (secondary N) is 1. The molecule has 1 N–H and O–H groups in total. The van der Waals surface area contributed by atoms with Gasteiger partial charge in [0.25, 0.3) is 5.91 Å². The molecule has 0 aliphatic carbocycles. The number of carbonyl (C=O) groups excluding carboxylic acids is 1. The molecule has 1 heterocycles. The first-order valence-electron chi connectivity index (χ1n) is 8.33. The minimum absolute atomic E-state index is 0.0952. The summed E-state index contributed by atoms with van der Waals surface area (Å²) in [7, 11) is 2.97. The number of benzene rings is 2. The van der Waals surface area contributed by atoms with E-state index in [9.17, 15) is 13.6 Å². The van der Waals surface area contributed by atoms with E-state index in [2.05, 4.69) is 10.3 Å². The number of ether oxygens (including phenoxy) is 1. The Morgan fingerprint density at radius 1 is 1.10 bits per heavy atom. The number of halogens is 4. The average molecular weight is 438 g/mol. The minimum Gasteiger partial charge on any atom is -0.455 e. The molecule has 0 spiro atoms. The van der Waals surface area contributed by atoms with E-state index in [1.807, 2.05) is 0 Å². The van der Waals surface area contributed by atoms with E-state index in [0.717, 1.165) is 17.0 Å². The number of pyridine rings is 1. The number of rotatable bonds is 5. The van der Waals surface area contributed by atoms with Gasteiger partial charge in [-0.15, -0.1) is 0 Å². The number of anilines is 2. The van der Waals surface area contributed by atoms with E-state index in [1.54, 1.807) is 12.1 Å². The molecular formula is C20H15Cl2F2N3O2. The molecule has 0 unspecified atom stereocenters. The van der Waals surface area contributed by atoms with Gasteiger partial charge in [-0.25, -0.2) is 8.78 Å². The zero-order valence-electron chi connectivity index (χ0n) is 15.3. The first-order valence-corrected chi connectivity index (χ1v) is 9.09. The van der Waals surface area contributed by atoms with Gasteiger partial charge in [0.15, 0.2) is 11.6 Å². The number of aromatic nitrogens is 1. The van der Waals surface area contributed by atoms with Gasteiger partial charge in [0.2, 0.25) is 0 Å². The third-order valence-corrected chi connectivity index (χ3v) is 4.65. The van der Waals surface area contributed by atoms with Crippen LogP contribution in [0.5, 0.6) is 11.5 Å².